The number of hydrogen-bond acceptors (Lipinski definition) is 1. The number of carbonyl (C=O) groups is 1. The Balaban J connectivity index is 0.000000511. The van der Waals surface area contributed by atoms with Crippen LogP contribution in [0.2, 0.25) is 0 Å². The first-order valence-corrected chi connectivity index (χ1v) is 8.02. The van der Waals surface area contributed by atoms with E-state index < -0.39 is 0 Å². The Labute approximate surface area is 127 Å². The summed E-state index contributed by atoms with van der Waals surface area (Å²) in [7, 11) is 0. The molecule has 0 aromatic rings. The molecule has 1 aliphatic carbocycles. The van der Waals surface area contributed by atoms with Crippen molar-refractivity contribution in [3.8, 4) is 0 Å². The van der Waals surface area contributed by atoms with Gasteiger partial charge in [-0.2, -0.15) is 0 Å². The molecule has 0 saturated heterocycles. The minimum absolute atomic E-state index is 0.306. The van der Waals surface area contributed by atoms with Crippen LogP contribution in [0.25, 0.3) is 0 Å². The van der Waals surface area contributed by atoms with E-state index in [1.807, 2.05) is 6.08 Å². The van der Waals surface area contributed by atoms with Gasteiger partial charge in [0.2, 0.25) is 0 Å². The van der Waals surface area contributed by atoms with Crippen LogP contribution in [0.5, 0.6) is 0 Å². The number of ketones is 1. The van der Waals surface area contributed by atoms with Crippen molar-refractivity contribution in [1.82, 2.24) is 0 Å². The highest BCUT2D eigenvalue weighted by Crippen LogP contribution is 2.40. The van der Waals surface area contributed by atoms with Crippen molar-refractivity contribution in [2.75, 3.05) is 0 Å². The third-order valence-corrected chi connectivity index (χ3v) is 3.95. The standard InChI is InChI=1S/C13H24O.C6H12/c1-12(2,3)8-9-13(4)7-5-6-11(14)10-13;1-5-6(2,3)4/h5-10H2,1-4H3;5H,1H2,2-4H3/t13-;/m0./s1. The second-order valence-corrected chi connectivity index (χ2v) is 9.01. The Morgan fingerprint density at radius 1 is 1.20 bits per heavy atom. The number of Topliss-reactive ketones (excluding diaryl/α,β-unsaturated/α-hetero) is 1. The van der Waals surface area contributed by atoms with E-state index in [0.717, 1.165) is 19.3 Å². The number of carbonyl (C=O) groups excluding carboxylic acids is 1. The molecule has 1 saturated carbocycles. The van der Waals surface area contributed by atoms with Gasteiger partial charge in [0, 0.05) is 12.8 Å². The molecule has 1 fully saturated rings. The van der Waals surface area contributed by atoms with Crippen LogP contribution in [0.4, 0.5) is 0 Å². The van der Waals surface area contributed by atoms with Gasteiger partial charge in [0.25, 0.3) is 0 Å². The summed E-state index contributed by atoms with van der Waals surface area (Å²) in [5, 5.41) is 0. The number of hydrogen-bond donors (Lipinski definition) is 0. The van der Waals surface area contributed by atoms with E-state index in [1.165, 1.54) is 19.3 Å². The van der Waals surface area contributed by atoms with Crippen molar-refractivity contribution in [3.63, 3.8) is 0 Å². The lowest BCUT2D eigenvalue weighted by Gasteiger charge is -2.35. The average Bonchev–Trinajstić information content (AvgIpc) is 2.25. The predicted octanol–water partition coefficient (Wildman–Crippen LogP) is 6.18. The first-order chi connectivity index (χ1) is 8.87. The van der Waals surface area contributed by atoms with Crippen molar-refractivity contribution in [1.29, 1.82) is 0 Å². The first kappa shape index (κ1) is 19.4. The molecule has 1 rings (SSSR count). The van der Waals surface area contributed by atoms with Crippen molar-refractivity contribution >= 4 is 5.78 Å². The van der Waals surface area contributed by atoms with E-state index in [4.69, 9.17) is 0 Å². The lowest BCUT2D eigenvalue weighted by atomic mass is 9.70. The van der Waals surface area contributed by atoms with E-state index in [1.54, 1.807) is 0 Å². The molecule has 20 heavy (non-hydrogen) atoms. The van der Waals surface area contributed by atoms with Gasteiger partial charge in [-0.15, -0.1) is 6.58 Å². The maximum absolute atomic E-state index is 11.4. The molecule has 118 valence electrons. The van der Waals surface area contributed by atoms with Gasteiger partial charge in [-0.05, 0) is 41.9 Å². The second-order valence-electron chi connectivity index (χ2n) is 9.01. The minimum Gasteiger partial charge on any atom is -0.300 e. The van der Waals surface area contributed by atoms with Gasteiger partial charge in [-0.3, -0.25) is 4.79 Å². The summed E-state index contributed by atoms with van der Waals surface area (Å²) in [6.07, 6.45) is 8.38. The van der Waals surface area contributed by atoms with E-state index in [2.05, 4.69) is 55.0 Å². The monoisotopic (exact) mass is 280 g/mol. The number of allylic oxidation sites excluding steroid dienone is 1. The summed E-state index contributed by atoms with van der Waals surface area (Å²) in [4.78, 5) is 11.4. The van der Waals surface area contributed by atoms with Gasteiger partial charge in [0.1, 0.15) is 5.78 Å². The Hall–Kier alpha value is -0.590. The van der Waals surface area contributed by atoms with Crippen LogP contribution in [-0.4, -0.2) is 5.78 Å². The maximum atomic E-state index is 11.4. The fourth-order valence-electron chi connectivity index (χ4n) is 2.26. The summed E-state index contributed by atoms with van der Waals surface area (Å²) in [6, 6.07) is 0. The lowest BCUT2D eigenvalue weighted by Crippen LogP contribution is -2.27. The molecule has 1 aliphatic rings. The first-order valence-electron chi connectivity index (χ1n) is 8.02. The lowest BCUT2D eigenvalue weighted by molar-refractivity contribution is -0.123. The Morgan fingerprint density at radius 2 is 1.70 bits per heavy atom. The molecule has 1 nitrogen and oxygen atoms in total. The summed E-state index contributed by atoms with van der Waals surface area (Å²) in [6.45, 7) is 19.1. The average molecular weight is 280 g/mol. The molecule has 0 aromatic carbocycles. The molecule has 0 N–H and O–H groups in total. The van der Waals surface area contributed by atoms with Crippen molar-refractivity contribution in [3.05, 3.63) is 12.7 Å². The van der Waals surface area contributed by atoms with Crippen LogP contribution < -0.4 is 0 Å². The zero-order chi connectivity index (χ0) is 16.0. The largest absolute Gasteiger partial charge is 0.300 e. The molecule has 0 spiro atoms. The third kappa shape index (κ3) is 10.2. The fraction of sp³-hybridized carbons (Fsp3) is 0.842. The van der Waals surface area contributed by atoms with Gasteiger partial charge in [-0.1, -0.05) is 54.5 Å². The van der Waals surface area contributed by atoms with E-state index in [9.17, 15) is 4.79 Å². The van der Waals surface area contributed by atoms with Crippen LogP contribution in [0.15, 0.2) is 12.7 Å². The fourth-order valence-corrected chi connectivity index (χ4v) is 2.26. The number of rotatable bonds is 2. The topological polar surface area (TPSA) is 17.1 Å². The van der Waals surface area contributed by atoms with Gasteiger partial charge in [0.15, 0.2) is 0 Å². The highest BCUT2D eigenvalue weighted by Gasteiger charge is 2.31. The zero-order valence-electron chi connectivity index (χ0n) is 14.9. The minimum atomic E-state index is 0.306. The van der Waals surface area contributed by atoms with Crippen molar-refractivity contribution < 1.29 is 4.79 Å². The molecule has 0 aliphatic heterocycles. The predicted molar refractivity (Wildman–Crippen MR) is 89.9 cm³/mol. The molecular formula is C19H36O. The zero-order valence-corrected chi connectivity index (χ0v) is 14.9. The summed E-state index contributed by atoms with van der Waals surface area (Å²) < 4.78 is 0. The molecule has 0 heterocycles. The van der Waals surface area contributed by atoms with Crippen molar-refractivity contribution in [2.24, 2.45) is 16.2 Å². The molecule has 0 bridgehead atoms. The van der Waals surface area contributed by atoms with E-state index >= 15 is 0 Å². The molecule has 0 amide bonds. The SMILES string of the molecule is C=CC(C)(C)C.CC(C)(C)CC[C@]1(C)CCCC(=O)C1. The molecule has 1 atom stereocenters. The van der Waals surface area contributed by atoms with Gasteiger partial charge in [0.05, 0.1) is 0 Å². The highest BCUT2D eigenvalue weighted by molar-refractivity contribution is 5.79. The maximum Gasteiger partial charge on any atom is 0.133 e. The Bertz CT molecular complexity index is 314. The molecule has 0 radical (unpaired) electrons. The van der Waals surface area contributed by atoms with Crippen molar-refractivity contribution in [2.45, 2.75) is 87.0 Å². The van der Waals surface area contributed by atoms with Crippen LogP contribution in [0.3, 0.4) is 0 Å². The van der Waals surface area contributed by atoms with E-state index in [0.29, 0.717) is 22.0 Å². The molecule has 1 heteroatoms. The van der Waals surface area contributed by atoms with Gasteiger partial charge < -0.3 is 0 Å². The Kier molecular flexibility index (Phi) is 7.21. The molecule has 0 aromatic heterocycles. The van der Waals surface area contributed by atoms with Crippen LogP contribution >= 0.6 is 0 Å². The quantitative estimate of drug-likeness (QED) is 0.552. The van der Waals surface area contributed by atoms with Crippen LogP contribution in [-0.2, 0) is 4.79 Å². The van der Waals surface area contributed by atoms with Crippen LogP contribution in [0, 0.1) is 16.2 Å². The summed E-state index contributed by atoms with van der Waals surface area (Å²) >= 11 is 0. The third-order valence-electron chi connectivity index (χ3n) is 3.95. The molecule has 0 unspecified atom stereocenters. The molecular weight excluding hydrogens is 244 g/mol. The smallest absolute Gasteiger partial charge is 0.133 e. The van der Waals surface area contributed by atoms with Crippen LogP contribution in [0.1, 0.15) is 87.0 Å². The summed E-state index contributed by atoms with van der Waals surface area (Å²) in [5.41, 5.74) is 1.02. The summed E-state index contributed by atoms with van der Waals surface area (Å²) in [5.74, 6) is 0.479. The van der Waals surface area contributed by atoms with Gasteiger partial charge in [-0.25, -0.2) is 0 Å². The second kappa shape index (κ2) is 7.43. The normalized spacial score (nSPS) is 23.9. The Morgan fingerprint density at radius 3 is 2.05 bits per heavy atom. The van der Waals surface area contributed by atoms with Gasteiger partial charge >= 0.3 is 0 Å². The highest BCUT2D eigenvalue weighted by atomic mass is 16.1. The van der Waals surface area contributed by atoms with E-state index in [-0.39, 0.29) is 0 Å².